The molecule has 0 bridgehead atoms. The second-order valence-corrected chi connectivity index (χ2v) is 4.49. The van der Waals surface area contributed by atoms with Gasteiger partial charge in [0.05, 0.1) is 5.02 Å². The number of rotatable bonds is 6. The minimum atomic E-state index is -1.19. The highest BCUT2D eigenvalue weighted by Gasteiger charge is 2.16. The molecule has 1 unspecified atom stereocenters. The van der Waals surface area contributed by atoms with Gasteiger partial charge in [0.2, 0.25) is 0 Å². The van der Waals surface area contributed by atoms with E-state index >= 15 is 0 Å². The van der Waals surface area contributed by atoms with Gasteiger partial charge in [0.15, 0.2) is 6.61 Å². The molecule has 0 saturated carbocycles. The second kappa shape index (κ2) is 6.99. The molecular weight excluding hydrogens is 270 g/mol. The number of carbonyl (C=O) groups is 2. The lowest BCUT2D eigenvalue weighted by atomic mass is 10.2. The Bertz CT molecular complexity index is 476. The summed E-state index contributed by atoms with van der Waals surface area (Å²) in [6.45, 7) is 3.58. The van der Waals surface area contributed by atoms with Crippen molar-refractivity contribution < 1.29 is 19.4 Å². The number of hydrogen-bond donors (Lipinski definition) is 2. The molecule has 0 aliphatic carbocycles. The minimum absolute atomic E-state index is 0.0504. The largest absolute Gasteiger partial charge is 0.483 e. The molecule has 0 fully saturated rings. The fourth-order valence-corrected chi connectivity index (χ4v) is 1.64. The van der Waals surface area contributed by atoms with Crippen LogP contribution in [-0.4, -0.2) is 29.6 Å². The van der Waals surface area contributed by atoms with Crippen LogP contribution in [0, 0.1) is 0 Å². The van der Waals surface area contributed by atoms with E-state index in [1.807, 2.05) is 13.8 Å². The zero-order valence-corrected chi connectivity index (χ0v) is 11.5. The predicted molar refractivity (Wildman–Crippen MR) is 71.8 cm³/mol. The van der Waals surface area contributed by atoms with Crippen LogP contribution in [-0.2, 0) is 4.79 Å². The van der Waals surface area contributed by atoms with Gasteiger partial charge in [-0.15, -0.1) is 0 Å². The molecule has 1 amide bonds. The molecule has 19 heavy (non-hydrogen) atoms. The summed E-state index contributed by atoms with van der Waals surface area (Å²) in [5.74, 6) is -1.41. The van der Waals surface area contributed by atoms with Gasteiger partial charge in [0.1, 0.15) is 11.3 Å². The maximum absolute atomic E-state index is 11.5. The van der Waals surface area contributed by atoms with E-state index in [0.29, 0.717) is 0 Å². The van der Waals surface area contributed by atoms with Crippen molar-refractivity contribution in [2.75, 3.05) is 6.61 Å². The zero-order valence-electron chi connectivity index (χ0n) is 10.8. The van der Waals surface area contributed by atoms with E-state index in [1.165, 1.54) is 12.1 Å². The number of amides is 1. The Labute approximate surface area is 116 Å². The molecule has 1 aromatic carbocycles. The number of halogens is 1. The van der Waals surface area contributed by atoms with Crippen molar-refractivity contribution in [3.63, 3.8) is 0 Å². The Morgan fingerprint density at radius 1 is 1.47 bits per heavy atom. The quantitative estimate of drug-likeness (QED) is 0.841. The van der Waals surface area contributed by atoms with Crippen molar-refractivity contribution in [2.24, 2.45) is 0 Å². The van der Waals surface area contributed by atoms with Gasteiger partial charge < -0.3 is 15.2 Å². The van der Waals surface area contributed by atoms with Gasteiger partial charge in [-0.25, -0.2) is 4.79 Å². The van der Waals surface area contributed by atoms with Crippen LogP contribution >= 0.6 is 11.6 Å². The standard InChI is InChI=1S/C13H16ClNO4/c1-3-8(2)15-11(16)7-19-10-6-4-5-9(14)12(10)13(17)18/h4-6,8H,3,7H2,1-2H3,(H,15,16)(H,17,18). The number of carboxylic acids is 1. The van der Waals surface area contributed by atoms with Crippen molar-refractivity contribution in [3.05, 3.63) is 28.8 Å². The molecule has 1 atom stereocenters. The molecule has 6 heteroatoms. The summed E-state index contributed by atoms with van der Waals surface area (Å²) in [6.07, 6.45) is 0.809. The van der Waals surface area contributed by atoms with Gasteiger partial charge in [0, 0.05) is 6.04 Å². The van der Waals surface area contributed by atoms with Crippen molar-refractivity contribution in [3.8, 4) is 5.75 Å². The maximum Gasteiger partial charge on any atom is 0.341 e. The first kappa shape index (κ1) is 15.3. The molecule has 0 saturated heterocycles. The number of nitrogens with one attached hydrogen (secondary N) is 1. The normalized spacial score (nSPS) is 11.7. The molecule has 2 N–H and O–H groups in total. The van der Waals surface area contributed by atoms with Gasteiger partial charge in [-0.1, -0.05) is 24.6 Å². The van der Waals surface area contributed by atoms with Gasteiger partial charge in [0.25, 0.3) is 5.91 Å². The molecule has 5 nitrogen and oxygen atoms in total. The number of ether oxygens (including phenoxy) is 1. The first-order chi connectivity index (χ1) is 8.95. The van der Waals surface area contributed by atoms with Crippen molar-refractivity contribution >= 4 is 23.5 Å². The lowest BCUT2D eigenvalue weighted by Crippen LogP contribution is -2.35. The van der Waals surface area contributed by atoms with E-state index in [9.17, 15) is 9.59 Å². The van der Waals surface area contributed by atoms with Crippen LogP contribution in [0.1, 0.15) is 30.6 Å². The molecule has 0 spiro atoms. The zero-order chi connectivity index (χ0) is 14.4. The lowest BCUT2D eigenvalue weighted by Gasteiger charge is -2.13. The van der Waals surface area contributed by atoms with Crippen LogP contribution in [0.5, 0.6) is 5.75 Å². The van der Waals surface area contributed by atoms with Gasteiger partial charge >= 0.3 is 5.97 Å². The first-order valence-corrected chi connectivity index (χ1v) is 6.27. The van der Waals surface area contributed by atoms with E-state index < -0.39 is 5.97 Å². The van der Waals surface area contributed by atoms with Crippen LogP contribution in [0.25, 0.3) is 0 Å². The van der Waals surface area contributed by atoms with Crippen LogP contribution in [0.15, 0.2) is 18.2 Å². The highest BCUT2D eigenvalue weighted by molar-refractivity contribution is 6.33. The number of aromatic carboxylic acids is 1. The second-order valence-electron chi connectivity index (χ2n) is 4.08. The molecule has 104 valence electrons. The van der Waals surface area contributed by atoms with E-state index in [-0.39, 0.29) is 34.9 Å². The van der Waals surface area contributed by atoms with E-state index in [2.05, 4.69) is 5.32 Å². The summed E-state index contributed by atoms with van der Waals surface area (Å²) in [4.78, 5) is 22.6. The smallest absolute Gasteiger partial charge is 0.341 e. The Kier molecular flexibility index (Phi) is 5.63. The van der Waals surface area contributed by atoms with Gasteiger partial charge in [-0.05, 0) is 25.5 Å². The van der Waals surface area contributed by atoms with Crippen molar-refractivity contribution in [1.82, 2.24) is 5.32 Å². The molecule has 1 aromatic rings. The first-order valence-electron chi connectivity index (χ1n) is 5.89. The average Bonchev–Trinajstić information content (AvgIpc) is 2.35. The molecule has 0 aromatic heterocycles. The van der Waals surface area contributed by atoms with E-state index in [4.69, 9.17) is 21.4 Å². The third-order valence-electron chi connectivity index (χ3n) is 2.57. The van der Waals surface area contributed by atoms with Gasteiger partial charge in [-0.3, -0.25) is 4.79 Å². The molecule has 0 aliphatic heterocycles. The monoisotopic (exact) mass is 285 g/mol. The summed E-state index contributed by atoms with van der Waals surface area (Å²) in [7, 11) is 0. The van der Waals surface area contributed by atoms with E-state index in [1.54, 1.807) is 6.07 Å². The third-order valence-corrected chi connectivity index (χ3v) is 2.88. The Morgan fingerprint density at radius 2 is 2.16 bits per heavy atom. The van der Waals surface area contributed by atoms with Crippen LogP contribution < -0.4 is 10.1 Å². The SMILES string of the molecule is CCC(C)NC(=O)COc1cccc(Cl)c1C(=O)O. The maximum atomic E-state index is 11.5. The van der Waals surface area contributed by atoms with Crippen molar-refractivity contribution in [1.29, 1.82) is 0 Å². The Balaban J connectivity index is 2.71. The Morgan fingerprint density at radius 3 is 2.74 bits per heavy atom. The Hall–Kier alpha value is -1.75. The number of benzene rings is 1. The summed E-state index contributed by atoms with van der Waals surface area (Å²) in [5.41, 5.74) is -0.138. The van der Waals surface area contributed by atoms with Crippen LogP contribution in [0.3, 0.4) is 0 Å². The summed E-state index contributed by atoms with van der Waals surface area (Å²) in [5, 5.41) is 11.8. The molecule has 0 heterocycles. The molecule has 1 rings (SSSR count). The van der Waals surface area contributed by atoms with Crippen LogP contribution in [0.2, 0.25) is 5.02 Å². The lowest BCUT2D eigenvalue weighted by molar-refractivity contribution is -0.123. The van der Waals surface area contributed by atoms with E-state index in [0.717, 1.165) is 6.42 Å². The highest BCUT2D eigenvalue weighted by Crippen LogP contribution is 2.26. The number of carboxylic acid groups (broad SMARTS) is 1. The predicted octanol–water partition coefficient (Wildman–Crippen LogP) is 2.33. The summed E-state index contributed by atoms with van der Waals surface area (Å²) >= 11 is 5.79. The third kappa shape index (κ3) is 4.44. The number of hydrogen-bond acceptors (Lipinski definition) is 3. The van der Waals surface area contributed by atoms with Gasteiger partial charge in [-0.2, -0.15) is 0 Å². The fourth-order valence-electron chi connectivity index (χ4n) is 1.39. The molecule has 0 aliphatic rings. The number of carbonyl (C=O) groups excluding carboxylic acids is 1. The topological polar surface area (TPSA) is 75.6 Å². The molecule has 0 radical (unpaired) electrons. The minimum Gasteiger partial charge on any atom is -0.483 e. The highest BCUT2D eigenvalue weighted by atomic mass is 35.5. The summed E-state index contributed by atoms with van der Waals surface area (Å²) < 4.78 is 5.21. The average molecular weight is 286 g/mol. The molecular formula is C13H16ClNO4. The fraction of sp³-hybridized carbons (Fsp3) is 0.385. The summed E-state index contributed by atoms with van der Waals surface area (Å²) in [6, 6.07) is 4.54. The van der Waals surface area contributed by atoms with Crippen molar-refractivity contribution in [2.45, 2.75) is 26.3 Å². The van der Waals surface area contributed by atoms with Crippen LogP contribution in [0.4, 0.5) is 0 Å².